The molecule has 2 N–H and O–H groups in total. The first kappa shape index (κ1) is 18.6. The Morgan fingerprint density at radius 2 is 1.97 bits per heavy atom. The molecule has 0 bridgehead atoms. The Morgan fingerprint density at radius 3 is 2.76 bits per heavy atom. The van der Waals surface area contributed by atoms with E-state index in [0.717, 1.165) is 5.56 Å². The summed E-state index contributed by atoms with van der Waals surface area (Å²) in [7, 11) is 0. The highest BCUT2D eigenvalue weighted by Crippen LogP contribution is 2.27. The fourth-order valence-corrected chi connectivity index (χ4v) is 3.16. The van der Waals surface area contributed by atoms with Crippen LogP contribution >= 0.6 is 11.3 Å². The lowest BCUT2D eigenvalue weighted by Gasteiger charge is -1.97. The van der Waals surface area contributed by atoms with Gasteiger partial charge in [-0.25, -0.2) is 4.98 Å². The van der Waals surface area contributed by atoms with Crippen LogP contribution in [0.1, 0.15) is 23.2 Å². The largest absolute Gasteiger partial charge is 0.458 e. The Kier molecular flexibility index (Phi) is 5.16. The van der Waals surface area contributed by atoms with Gasteiger partial charge in [0.2, 0.25) is 5.91 Å². The minimum absolute atomic E-state index is 0.137. The lowest BCUT2D eigenvalue weighted by Crippen LogP contribution is -2.18. The van der Waals surface area contributed by atoms with Gasteiger partial charge < -0.3 is 14.3 Å². The number of carbonyl (C=O) groups excluding carboxylic acids is 2. The highest BCUT2D eigenvalue weighted by molar-refractivity contribution is 7.14. The summed E-state index contributed by atoms with van der Waals surface area (Å²) in [6, 6.07) is 8.60. The van der Waals surface area contributed by atoms with Gasteiger partial charge in [-0.15, -0.1) is 11.3 Å². The van der Waals surface area contributed by atoms with Crippen molar-refractivity contribution in [2.75, 3.05) is 5.32 Å². The van der Waals surface area contributed by atoms with Gasteiger partial charge in [0.25, 0.3) is 5.91 Å². The number of amides is 2. The lowest BCUT2D eigenvalue weighted by molar-refractivity contribution is -0.119. The number of pyridine rings is 1. The predicted octanol–water partition coefficient (Wildman–Crippen LogP) is 3.34. The summed E-state index contributed by atoms with van der Waals surface area (Å²) >= 11 is 1.26. The average Bonchev–Trinajstić information content (AvgIpc) is 3.47. The Labute approximate surface area is 168 Å². The molecule has 9 nitrogen and oxygen atoms in total. The van der Waals surface area contributed by atoms with Crippen LogP contribution in [0.2, 0.25) is 0 Å². The van der Waals surface area contributed by atoms with Gasteiger partial charge in [0.1, 0.15) is 11.5 Å². The van der Waals surface area contributed by atoms with Gasteiger partial charge >= 0.3 is 0 Å². The summed E-state index contributed by atoms with van der Waals surface area (Å²) in [4.78, 5) is 31.7. The Bertz CT molecular complexity index is 1150. The molecule has 0 unspecified atom stereocenters. The van der Waals surface area contributed by atoms with Gasteiger partial charge in [0, 0.05) is 36.3 Å². The molecule has 0 fully saturated rings. The van der Waals surface area contributed by atoms with Gasteiger partial charge in [-0.3, -0.25) is 19.9 Å². The maximum atomic E-state index is 12.4. The molecule has 0 aromatic carbocycles. The molecule has 0 aliphatic carbocycles. The highest BCUT2D eigenvalue weighted by atomic mass is 32.1. The number of furan rings is 1. The molecule has 4 aromatic heterocycles. The highest BCUT2D eigenvalue weighted by Gasteiger charge is 2.16. The molecule has 0 aliphatic rings. The Balaban J connectivity index is 1.42. The number of hydrogen-bond donors (Lipinski definition) is 2. The SMILES string of the molecule is CC(=O)NCc1ccc(-c2csc(NC(=O)c3cc(-c4ccncc4)on3)n2)o1. The molecule has 4 aromatic rings. The van der Waals surface area contributed by atoms with E-state index in [1.165, 1.54) is 18.3 Å². The summed E-state index contributed by atoms with van der Waals surface area (Å²) in [5.41, 5.74) is 1.50. The molecule has 0 saturated heterocycles. The van der Waals surface area contributed by atoms with Crippen molar-refractivity contribution in [3.05, 3.63) is 59.6 Å². The first-order valence-corrected chi connectivity index (χ1v) is 9.44. The van der Waals surface area contributed by atoms with Crippen molar-refractivity contribution >= 4 is 28.3 Å². The normalized spacial score (nSPS) is 10.7. The second-order valence-corrected chi connectivity index (χ2v) is 6.84. The number of nitrogens with one attached hydrogen (secondary N) is 2. The molecular formula is C19H15N5O4S. The van der Waals surface area contributed by atoms with Crippen LogP contribution in [0.4, 0.5) is 5.13 Å². The van der Waals surface area contributed by atoms with Crippen LogP contribution in [0, 0.1) is 0 Å². The minimum Gasteiger partial charge on any atom is -0.458 e. The second kappa shape index (κ2) is 8.07. The standard InChI is InChI=1S/C19H15N5O4S/c1-11(25)21-9-13-2-3-16(27-13)15-10-29-19(22-15)23-18(26)14-8-17(28-24-14)12-4-6-20-7-5-12/h2-8,10H,9H2,1H3,(H,21,25)(H,22,23,26). The van der Waals surface area contributed by atoms with Gasteiger partial charge in [-0.1, -0.05) is 5.16 Å². The molecule has 2 amide bonds. The van der Waals surface area contributed by atoms with Crippen molar-refractivity contribution in [3.8, 4) is 22.8 Å². The van der Waals surface area contributed by atoms with Crippen LogP contribution in [0.5, 0.6) is 0 Å². The van der Waals surface area contributed by atoms with Crippen LogP contribution in [-0.4, -0.2) is 26.9 Å². The molecule has 0 spiro atoms. The maximum absolute atomic E-state index is 12.4. The van der Waals surface area contributed by atoms with Crippen LogP contribution in [0.15, 0.2) is 57.0 Å². The van der Waals surface area contributed by atoms with E-state index < -0.39 is 5.91 Å². The summed E-state index contributed by atoms with van der Waals surface area (Å²) < 4.78 is 10.9. The third-order valence-corrected chi connectivity index (χ3v) is 4.62. The molecular weight excluding hydrogens is 394 g/mol. The number of carbonyl (C=O) groups is 2. The van der Waals surface area contributed by atoms with Gasteiger partial charge in [-0.2, -0.15) is 0 Å². The molecule has 4 rings (SSSR count). The number of aromatic nitrogens is 3. The van der Waals surface area contributed by atoms with Gasteiger partial charge in [0.15, 0.2) is 22.3 Å². The lowest BCUT2D eigenvalue weighted by atomic mass is 10.2. The van der Waals surface area contributed by atoms with Crippen LogP contribution in [0.3, 0.4) is 0 Å². The van der Waals surface area contributed by atoms with Gasteiger partial charge in [0.05, 0.1) is 6.54 Å². The van der Waals surface area contributed by atoms with Crippen LogP contribution < -0.4 is 10.6 Å². The monoisotopic (exact) mass is 409 g/mol. The van der Waals surface area contributed by atoms with Crippen molar-refractivity contribution in [2.24, 2.45) is 0 Å². The van der Waals surface area contributed by atoms with Crippen LogP contribution in [-0.2, 0) is 11.3 Å². The van der Waals surface area contributed by atoms with E-state index in [1.54, 1.807) is 48.1 Å². The van der Waals surface area contributed by atoms with Gasteiger partial charge in [-0.05, 0) is 24.3 Å². The quantitative estimate of drug-likeness (QED) is 0.500. The maximum Gasteiger partial charge on any atom is 0.279 e. The van der Waals surface area contributed by atoms with E-state index in [1.807, 2.05) is 0 Å². The summed E-state index contributed by atoms with van der Waals surface area (Å²) in [5.74, 6) is 1.06. The van der Waals surface area contributed by atoms with E-state index in [2.05, 4.69) is 25.8 Å². The fourth-order valence-electron chi connectivity index (χ4n) is 2.46. The Morgan fingerprint density at radius 1 is 1.14 bits per heavy atom. The number of anilines is 1. The van der Waals surface area contributed by atoms with E-state index in [-0.39, 0.29) is 11.6 Å². The fraction of sp³-hybridized carbons (Fsp3) is 0.105. The number of hydrogen-bond acceptors (Lipinski definition) is 8. The van der Waals surface area contributed by atoms with Crippen molar-refractivity contribution in [1.82, 2.24) is 20.4 Å². The molecule has 0 atom stereocenters. The van der Waals surface area contributed by atoms with E-state index in [0.29, 0.717) is 34.7 Å². The van der Waals surface area contributed by atoms with E-state index in [4.69, 9.17) is 8.94 Å². The van der Waals surface area contributed by atoms with E-state index in [9.17, 15) is 9.59 Å². The number of nitrogens with zero attached hydrogens (tertiary/aromatic N) is 3. The van der Waals surface area contributed by atoms with Crippen LogP contribution in [0.25, 0.3) is 22.8 Å². The Hall–Kier alpha value is -3.79. The van der Waals surface area contributed by atoms with E-state index >= 15 is 0 Å². The first-order chi connectivity index (χ1) is 14.1. The van der Waals surface area contributed by atoms with Crippen molar-refractivity contribution in [2.45, 2.75) is 13.5 Å². The minimum atomic E-state index is -0.430. The summed E-state index contributed by atoms with van der Waals surface area (Å²) in [5, 5.41) is 11.3. The zero-order chi connectivity index (χ0) is 20.2. The average molecular weight is 409 g/mol. The molecule has 0 aliphatic heterocycles. The third-order valence-electron chi connectivity index (χ3n) is 3.86. The second-order valence-electron chi connectivity index (χ2n) is 5.98. The third kappa shape index (κ3) is 4.38. The van der Waals surface area contributed by atoms with Crippen molar-refractivity contribution in [3.63, 3.8) is 0 Å². The van der Waals surface area contributed by atoms with Crippen molar-refractivity contribution in [1.29, 1.82) is 0 Å². The topological polar surface area (TPSA) is 123 Å². The molecule has 146 valence electrons. The molecule has 0 saturated carbocycles. The predicted molar refractivity (Wildman–Crippen MR) is 105 cm³/mol. The summed E-state index contributed by atoms with van der Waals surface area (Å²) in [6.07, 6.45) is 3.26. The zero-order valence-electron chi connectivity index (χ0n) is 15.2. The summed E-state index contributed by atoms with van der Waals surface area (Å²) in [6.45, 7) is 1.74. The number of thiazole rings is 1. The van der Waals surface area contributed by atoms with Crippen molar-refractivity contribution < 1.29 is 18.5 Å². The molecule has 10 heteroatoms. The molecule has 4 heterocycles. The first-order valence-electron chi connectivity index (χ1n) is 8.56. The number of rotatable bonds is 6. The zero-order valence-corrected chi connectivity index (χ0v) is 16.0. The smallest absolute Gasteiger partial charge is 0.279 e. The molecule has 0 radical (unpaired) electrons. The molecule has 29 heavy (non-hydrogen) atoms.